The molecule has 3 N–H and O–H groups in total. The molecule has 2 aromatic carbocycles. The first-order valence-electron chi connectivity index (χ1n) is 11.4. The van der Waals surface area contributed by atoms with Crippen LogP contribution in [0.1, 0.15) is 30.7 Å². The minimum Gasteiger partial charge on any atom is -0.403 e. The molecule has 10 nitrogen and oxygen atoms in total. The molecule has 11 heteroatoms. The van der Waals surface area contributed by atoms with E-state index in [4.69, 9.17) is 13.9 Å². The Hall–Kier alpha value is -3.33. The molecule has 0 saturated carbocycles. The number of carbonyl (C=O) groups excluding carboxylic acids is 1. The fourth-order valence-electron chi connectivity index (χ4n) is 3.32. The van der Waals surface area contributed by atoms with E-state index in [0.717, 1.165) is 15.9 Å². The Kier molecular flexibility index (Phi) is 9.31. The number of hydrogen-bond donors (Lipinski definition) is 3. The largest absolute Gasteiger partial charge is 0.403 e. The van der Waals surface area contributed by atoms with E-state index in [-0.39, 0.29) is 38.2 Å². The van der Waals surface area contributed by atoms with Crippen LogP contribution in [-0.4, -0.2) is 35.1 Å². The number of urea groups is 1. The first-order chi connectivity index (χ1) is 16.8. The van der Waals surface area contributed by atoms with E-state index in [0.29, 0.717) is 11.4 Å². The van der Waals surface area contributed by atoms with Gasteiger partial charge in [-0.05, 0) is 38.5 Å². The molecule has 35 heavy (non-hydrogen) atoms. The molecule has 0 unspecified atom stereocenters. The summed E-state index contributed by atoms with van der Waals surface area (Å²) in [6.07, 6.45) is 0.135. The van der Waals surface area contributed by atoms with Gasteiger partial charge in [-0.2, -0.15) is 0 Å². The molecule has 3 rings (SSSR count). The monoisotopic (exact) mass is 502 g/mol. The maximum atomic E-state index is 12.9. The van der Waals surface area contributed by atoms with Gasteiger partial charge in [0.1, 0.15) is 6.61 Å². The molecule has 0 aliphatic rings. The summed E-state index contributed by atoms with van der Waals surface area (Å²) in [5, 5.41) is 5.39. The van der Waals surface area contributed by atoms with Crippen molar-refractivity contribution in [3.63, 3.8) is 0 Å². The maximum Gasteiger partial charge on any atom is 0.360 e. The van der Waals surface area contributed by atoms with Crippen molar-refractivity contribution in [3.05, 3.63) is 81.9 Å². The first kappa shape index (κ1) is 26.3. The van der Waals surface area contributed by atoms with Crippen LogP contribution in [0.3, 0.4) is 0 Å². The van der Waals surface area contributed by atoms with Crippen molar-refractivity contribution in [2.75, 3.05) is 30.0 Å². The highest BCUT2D eigenvalue weighted by Crippen LogP contribution is 2.48. The van der Waals surface area contributed by atoms with Gasteiger partial charge in [-0.25, -0.2) is 9.59 Å². The third-order valence-electron chi connectivity index (χ3n) is 4.96. The fourth-order valence-corrected chi connectivity index (χ4v) is 4.93. The van der Waals surface area contributed by atoms with Gasteiger partial charge in [-0.3, -0.25) is 9.88 Å². The van der Waals surface area contributed by atoms with E-state index in [9.17, 15) is 14.2 Å². The molecule has 0 bridgehead atoms. The third-order valence-corrected chi connectivity index (χ3v) is 7.04. The lowest BCUT2D eigenvalue weighted by Gasteiger charge is -2.17. The number of hydrogen-bond acceptors (Lipinski definition) is 6. The Morgan fingerprint density at radius 3 is 2.29 bits per heavy atom. The van der Waals surface area contributed by atoms with Gasteiger partial charge >= 0.3 is 19.3 Å². The quantitative estimate of drug-likeness (QED) is 0.312. The van der Waals surface area contributed by atoms with E-state index in [2.05, 4.69) is 15.6 Å². The minimum absolute atomic E-state index is 0.0155. The number of amides is 2. The number of aromatic amines is 1. The highest BCUT2D eigenvalue weighted by atomic mass is 31.2. The normalized spacial score (nSPS) is 11.3. The highest BCUT2D eigenvalue weighted by Gasteiger charge is 2.26. The van der Waals surface area contributed by atoms with Gasteiger partial charge in [0.25, 0.3) is 0 Å². The number of para-hydroxylation sites is 1. The summed E-state index contributed by atoms with van der Waals surface area (Å²) >= 11 is 0. The minimum atomic E-state index is -3.37. The second-order valence-corrected chi connectivity index (χ2v) is 9.86. The molecule has 1 aromatic heterocycles. The first-order valence-corrected chi connectivity index (χ1v) is 13.1. The number of carbonyl (C=O) groups is 1. The highest BCUT2D eigenvalue weighted by molar-refractivity contribution is 7.53. The number of imidazole rings is 1. The fraction of sp³-hybridized carbons (Fsp3) is 0.333. The smallest absolute Gasteiger partial charge is 0.360 e. The van der Waals surface area contributed by atoms with Crippen LogP contribution >= 0.6 is 7.60 Å². The van der Waals surface area contributed by atoms with Crippen molar-refractivity contribution in [1.29, 1.82) is 0 Å². The van der Waals surface area contributed by atoms with Crippen molar-refractivity contribution in [2.45, 2.75) is 33.8 Å². The molecule has 0 aliphatic carbocycles. The Balaban J connectivity index is 1.84. The maximum absolute atomic E-state index is 12.9. The van der Waals surface area contributed by atoms with Gasteiger partial charge in [-0.1, -0.05) is 48.0 Å². The SMILES string of the molecule is CCOP(=O)(CCc1[nH]c(=O)n(OCc2ccc(C)cc2)c1NC(=O)Nc1ccccc1)OCC. The summed E-state index contributed by atoms with van der Waals surface area (Å²) in [7, 11) is -3.37. The summed E-state index contributed by atoms with van der Waals surface area (Å²) in [4.78, 5) is 33.9. The Bertz CT molecular complexity index is 1200. The Labute approximate surface area is 204 Å². The van der Waals surface area contributed by atoms with Crippen LogP contribution in [0.25, 0.3) is 0 Å². The van der Waals surface area contributed by atoms with Gasteiger partial charge in [0.15, 0.2) is 5.82 Å². The number of aromatic nitrogens is 2. The summed E-state index contributed by atoms with van der Waals surface area (Å²) in [5.41, 5.74) is 2.28. The lowest BCUT2D eigenvalue weighted by atomic mass is 10.2. The molecule has 0 atom stereocenters. The van der Waals surface area contributed by atoms with E-state index in [1.54, 1.807) is 38.1 Å². The van der Waals surface area contributed by atoms with Crippen molar-refractivity contribution in [2.24, 2.45) is 0 Å². The van der Waals surface area contributed by atoms with Crippen molar-refractivity contribution >= 4 is 25.1 Å². The predicted molar refractivity (Wildman–Crippen MR) is 135 cm³/mol. The zero-order valence-corrected chi connectivity index (χ0v) is 21.0. The van der Waals surface area contributed by atoms with E-state index in [1.165, 1.54) is 0 Å². The lowest BCUT2D eigenvalue weighted by molar-refractivity contribution is 0.0941. The second kappa shape index (κ2) is 12.4. The van der Waals surface area contributed by atoms with Crippen LogP contribution < -0.4 is 21.2 Å². The number of H-pyrrole nitrogens is 1. The summed E-state index contributed by atoms with van der Waals surface area (Å²) in [6, 6.07) is 16.0. The molecule has 2 amide bonds. The number of rotatable bonds is 12. The summed E-state index contributed by atoms with van der Waals surface area (Å²) < 4.78 is 24.6. The average molecular weight is 503 g/mol. The number of benzene rings is 2. The van der Waals surface area contributed by atoms with Gasteiger partial charge < -0.3 is 24.2 Å². The molecule has 188 valence electrons. The number of aryl methyl sites for hydroxylation is 2. The standard InChI is InChI=1S/C24H31N4O6P/c1-4-33-35(31,34-5-2)16-15-21-22(27-23(29)25-20-9-7-6-8-10-20)28(24(30)26-21)32-17-19-13-11-18(3)12-14-19/h6-14H,4-5,15-17H2,1-3H3,(H,26,30)(H2,25,27,29). The Morgan fingerprint density at radius 2 is 1.66 bits per heavy atom. The summed E-state index contributed by atoms with van der Waals surface area (Å²) in [6.45, 7) is 5.97. The summed E-state index contributed by atoms with van der Waals surface area (Å²) in [5.74, 6) is 0.107. The molecule has 0 aliphatic heterocycles. The van der Waals surface area contributed by atoms with Crippen molar-refractivity contribution < 1.29 is 23.2 Å². The van der Waals surface area contributed by atoms with Crippen LogP contribution in [0.15, 0.2) is 59.4 Å². The topological polar surface area (TPSA) is 124 Å². The molecule has 3 aromatic rings. The molecule has 0 radical (unpaired) electrons. The average Bonchev–Trinajstić information content (AvgIpc) is 3.12. The van der Waals surface area contributed by atoms with Crippen molar-refractivity contribution in [1.82, 2.24) is 9.71 Å². The predicted octanol–water partition coefficient (Wildman–Crippen LogP) is 4.57. The van der Waals surface area contributed by atoms with Crippen LogP contribution in [0, 0.1) is 6.92 Å². The molecule has 0 spiro atoms. The van der Waals surface area contributed by atoms with Crippen molar-refractivity contribution in [3.8, 4) is 0 Å². The van der Waals surface area contributed by atoms with Gasteiger partial charge in [0.05, 0.1) is 25.1 Å². The molecule has 0 saturated heterocycles. The molecular weight excluding hydrogens is 471 g/mol. The zero-order valence-electron chi connectivity index (χ0n) is 20.1. The molecule has 1 heterocycles. The van der Waals surface area contributed by atoms with E-state index >= 15 is 0 Å². The number of nitrogens with zero attached hydrogens (tertiary/aromatic N) is 1. The van der Waals surface area contributed by atoms with Gasteiger partial charge in [0.2, 0.25) is 0 Å². The molecule has 0 fully saturated rings. The van der Waals surface area contributed by atoms with E-state index in [1.807, 2.05) is 37.3 Å². The third kappa shape index (κ3) is 7.58. The zero-order chi connectivity index (χ0) is 25.3. The van der Waals surface area contributed by atoms with Gasteiger partial charge in [-0.15, -0.1) is 4.73 Å². The van der Waals surface area contributed by atoms with Crippen LogP contribution in [-0.2, 0) is 26.6 Å². The van der Waals surface area contributed by atoms with Crippen LogP contribution in [0.2, 0.25) is 0 Å². The lowest BCUT2D eigenvalue weighted by Crippen LogP contribution is -2.29. The second-order valence-electron chi connectivity index (χ2n) is 7.68. The molecular formula is C24H31N4O6P. The van der Waals surface area contributed by atoms with E-state index < -0.39 is 19.3 Å². The van der Waals surface area contributed by atoms with Gasteiger partial charge in [0, 0.05) is 12.1 Å². The number of anilines is 2. The van der Waals surface area contributed by atoms with Crippen LogP contribution in [0.4, 0.5) is 16.3 Å². The number of nitrogens with one attached hydrogen (secondary N) is 3. The Morgan fingerprint density at radius 1 is 1.00 bits per heavy atom. The van der Waals surface area contributed by atoms with Crippen LogP contribution in [0.5, 0.6) is 0 Å².